The van der Waals surface area contributed by atoms with Crippen molar-refractivity contribution in [3.8, 4) is 28.4 Å². The van der Waals surface area contributed by atoms with E-state index in [1.807, 2.05) is 29.3 Å². The molecule has 3 aromatic carbocycles. The van der Waals surface area contributed by atoms with Crippen LogP contribution in [-0.2, 0) is 19.5 Å². The Morgan fingerprint density at radius 1 is 0.935 bits per heavy atom. The van der Waals surface area contributed by atoms with Crippen molar-refractivity contribution in [1.82, 2.24) is 24.0 Å². The second-order valence-corrected chi connectivity index (χ2v) is 12.6. The zero-order valence-corrected chi connectivity index (χ0v) is 26.2. The molecule has 0 radical (unpaired) electrons. The predicted octanol–water partition coefficient (Wildman–Crippen LogP) is 6.68. The monoisotopic (exact) mass is 610 g/mol. The van der Waals surface area contributed by atoms with Crippen molar-refractivity contribution < 1.29 is 9.53 Å². The number of carbonyl (C=O) groups excluding carboxylic acids is 1. The Balaban J connectivity index is 1.35. The molecule has 0 spiro atoms. The van der Waals surface area contributed by atoms with Gasteiger partial charge in [0.15, 0.2) is 5.82 Å². The van der Waals surface area contributed by atoms with Crippen LogP contribution < -0.4 is 10.5 Å². The molecule has 8 nitrogen and oxygen atoms in total. The summed E-state index contributed by atoms with van der Waals surface area (Å²) in [5.74, 6) is 1.43. The van der Waals surface area contributed by atoms with Gasteiger partial charge < -0.3 is 24.5 Å². The summed E-state index contributed by atoms with van der Waals surface area (Å²) >= 11 is 0. The number of nitrogens with two attached hydrogens (primary N) is 1. The zero-order valence-electron chi connectivity index (χ0n) is 26.2. The van der Waals surface area contributed by atoms with Crippen LogP contribution in [0.15, 0.2) is 85.1 Å². The fraction of sp³-hybridized carbons (Fsp3) is 0.289. The molecule has 1 saturated heterocycles. The van der Waals surface area contributed by atoms with E-state index in [0.29, 0.717) is 30.9 Å². The molecule has 8 rings (SSSR count). The molecule has 46 heavy (non-hydrogen) atoms. The smallest absolute Gasteiger partial charge is 0.254 e. The van der Waals surface area contributed by atoms with Gasteiger partial charge in [0, 0.05) is 49.4 Å². The van der Waals surface area contributed by atoms with Gasteiger partial charge in [0.25, 0.3) is 5.91 Å². The third-order valence-corrected chi connectivity index (χ3v) is 9.58. The fourth-order valence-corrected chi connectivity index (χ4v) is 7.36. The Hall–Kier alpha value is -4.95. The number of nitrogens with zero attached hydrogens (tertiary/aromatic N) is 5. The zero-order chi connectivity index (χ0) is 31.2. The van der Waals surface area contributed by atoms with Crippen molar-refractivity contribution >= 4 is 28.0 Å². The van der Waals surface area contributed by atoms with Gasteiger partial charge in [-0.05, 0) is 90.8 Å². The molecule has 0 unspecified atom stereocenters. The lowest BCUT2D eigenvalue weighted by molar-refractivity contribution is 0.0708. The maximum Gasteiger partial charge on any atom is 0.254 e. The number of aryl methyl sites for hydroxylation is 2. The van der Waals surface area contributed by atoms with Gasteiger partial charge in [-0.2, -0.15) is 0 Å². The number of amides is 1. The third-order valence-electron chi connectivity index (χ3n) is 9.58. The van der Waals surface area contributed by atoms with Gasteiger partial charge in [-0.1, -0.05) is 42.5 Å². The average Bonchev–Trinajstić information content (AvgIpc) is 3.63. The number of rotatable bonds is 2. The summed E-state index contributed by atoms with van der Waals surface area (Å²) in [7, 11) is 1.67. The first-order chi connectivity index (χ1) is 22.6. The molecule has 0 saturated carbocycles. The fourth-order valence-electron chi connectivity index (χ4n) is 7.36. The molecule has 2 N–H and O–H groups in total. The van der Waals surface area contributed by atoms with Gasteiger partial charge in [0.05, 0.1) is 18.3 Å². The SMILES string of the molecule is COc1cc(C(=O)N2CCC[C@@H](N)C2)cc2nc3n(c12)Cc1cccc(c1)-c1ccccc1CCCCn1c-3cc2cccnc21. The van der Waals surface area contributed by atoms with Crippen LogP contribution in [0.1, 0.15) is 47.2 Å². The van der Waals surface area contributed by atoms with E-state index >= 15 is 0 Å². The van der Waals surface area contributed by atoms with E-state index < -0.39 is 0 Å². The first kappa shape index (κ1) is 28.5. The number of methoxy groups -OCH3 is 1. The maximum absolute atomic E-state index is 13.7. The lowest BCUT2D eigenvalue weighted by Gasteiger charge is -2.30. The molecular formula is C38H38N6O2. The number of benzene rings is 3. The molecule has 3 aromatic heterocycles. The van der Waals surface area contributed by atoms with Gasteiger partial charge in [-0.15, -0.1) is 0 Å². The second kappa shape index (κ2) is 11.8. The highest BCUT2D eigenvalue weighted by Crippen LogP contribution is 2.37. The highest BCUT2D eigenvalue weighted by atomic mass is 16.5. The van der Waals surface area contributed by atoms with Crippen LogP contribution in [0.4, 0.5) is 0 Å². The summed E-state index contributed by atoms with van der Waals surface area (Å²) in [6.07, 6.45) is 6.78. The largest absolute Gasteiger partial charge is 0.494 e. The number of pyridine rings is 1. The number of aromatic nitrogens is 4. The molecule has 5 heterocycles. The van der Waals surface area contributed by atoms with Crippen LogP contribution in [0, 0.1) is 0 Å². The highest BCUT2D eigenvalue weighted by molar-refractivity contribution is 6.00. The molecule has 2 bridgehead atoms. The van der Waals surface area contributed by atoms with E-state index in [1.54, 1.807) is 7.11 Å². The minimum absolute atomic E-state index is 0.00318. The normalized spacial score (nSPS) is 16.8. The van der Waals surface area contributed by atoms with Crippen LogP contribution in [0.5, 0.6) is 5.75 Å². The molecule has 1 amide bonds. The summed E-state index contributed by atoms with van der Waals surface area (Å²) < 4.78 is 10.6. The Kier molecular flexibility index (Phi) is 7.29. The molecule has 0 aliphatic carbocycles. The van der Waals surface area contributed by atoms with Gasteiger partial charge >= 0.3 is 0 Å². The first-order valence-corrected chi connectivity index (χ1v) is 16.3. The quantitative estimate of drug-likeness (QED) is 0.236. The van der Waals surface area contributed by atoms with Crippen molar-refractivity contribution in [2.45, 2.75) is 51.2 Å². The van der Waals surface area contributed by atoms with Crippen molar-refractivity contribution in [3.63, 3.8) is 0 Å². The standard InChI is InChI=1S/C38H38N6O2/c1-46-34-22-29(38(45)42-17-8-14-30(39)24-42)20-32-35(34)44-23-25-9-6-12-27(19-25)31-15-3-2-10-26(31)11-4-5-18-43-33(37(44)41-32)21-28-13-7-16-40-36(28)43/h2-3,6-7,9-10,12-13,15-16,19-22,30H,4-5,8,11,14,17-18,23-24,39H2,1H3/t30-/m1/s1. The molecule has 1 fully saturated rings. The van der Waals surface area contributed by atoms with Gasteiger partial charge in [-0.3, -0.25) is 4.79 Å². The lowest BCUT2D eigenvalue weighted by atomic mass is 9.95. The second-order valence-electron chi connectivity index (χ2n) is 12.6. The molecule has 2 aliphatic heterocycles. The van der Waals surface area contributed by atoms with Crippen molar-refractivity contribution in [2.24, 2.45) is 5.73 Å². The average molecular weight is 611 g/mol. The molecule has 8 heteroatoms. The molecule has 232 valence electrons. The van der Waals surface area contributed by atoms with Crippen LogP contribution in [0.3, 0.4) is 0 Å². The van der Waals surface area contributed by atoms with E-state index in [2.05, 4.69) is 69.8 Å². The summed E-state index contributed by atoms with van der Waals surface area (Å²) in [6.45, 7) is 2.68. The summed E-state index contributed by atoms with van der Waals surface area (Å²) in [6, 6.07) is 27.7. The van der Waals surface area contributed by atoms with Gasteiger partial charge in [-0.25, -0.2) is 9.97 Å². The van der Waals surface area contributed by atoms with Crippen LogP contribution in [0.2, 0.25) is 0 Å². The highest BCUT2D eigenvalue weighted by Gasteiger charge is 2.27. The Labute approximate surface area is 268 Å². The number of carbonyl (C=O) groups is 1. The molecule has 1 atom stereocenters. The van der Waals surface area contributed by atoms with Crippen LogP contribution in [0.25, 0.3) is 44.7 Å². The number of imidazole rings is 1. The lowest BCUT2D eigenvalue weighted by Crippen LogP contribution is -2.45. The van der Waals surface area contributed by atoms with Crippen LogP contribution >= 0.6 is 0 Å². The van der Waals surface area contributed by atoms with Gasteiger partial charge in [0.2, 0.25) is 0 Å². The van der Waals surface area contributed by atoms with E-state index in [0.717, 1.165) is 77.8 Å². The third kappa shape index (κ3) is 5.03. The Morgan fingerprint density at radius 2 is 1.85 bits per heavy atom. The number of piperidine rings is 1. The molecule has 6 aromatic rings. The molecular weight excluding hydrogens is 572 g/mol. The van der Waals surface area contributed by atoms with E-state index in [-0.39, 0.29) is 11.9 Å². The van der Waals surface area contributed by atoms with Crippen molar-refractivity contribution in [2.75, 3.05) is 20.2 Å². The molecule has 2 aliphatic rings. The number of ether oxygens (including phenoxy) is 1. The topological polar surface area (TPSA) is 91.2 Å². The van der Waals surface area contributed by atoms with Crippen molar-refractivity contribution in [3.05, 3.63) is 102 Å². The minimum Gasteiger partial charge on any atom is -0.494 e. The van der Waals surface area contributed by atoms with E-state index in [1.165, 1.54) is 16.7 Å². The van der Waals surface area contributed by atoms with Gasteiger partial charge in [0.1, 0.15) is 16.9 Å². The predicted molar refractivity (Wildman–Crippen MR) is 182 cm³/mol. The van der Waals surface area contributed by atoms with E-state index in [4.69, 9.17) is 20.4 Å². The number of fused-ring (bicyclic) bond motifs is 11. The maximum atomic E-state index is 13.7. The summed E-state index contributed by atoms with van der Waals surface area (Å²) in [5, 5.41) is 1.08. The number of hydrogen-bond acceptors (Lipinski definition) is 5. The first-order valence-electron chi connectivity index (χ1n) is 16.3. The summed E-state index contributed by atoms with van der Waals surface area (Å²) in [5.41, 5.74) is 15.4. The van der Waals surface area contributed by atoms with Crippen LogP contribution in [-0.4, -0.2) is 56.2 Å². The Bertz CT molecular complexity index is 2090. The van der Waals surface area contributed by atoms with Crippen molar-refractivity contribution in [1.29, 1.82) is 0 Å². The number of likely N-dealkylation sites (tertiary alicyclic amines) is 1. The minimum atomic E-state index is -0.0329. The van der Waals surface area contributed by atoms with E-state index in [9.17, 15) is 4.79 Å². The Morgan fingerprint density at radius 3 is 2.74 bits per heavy atom. The summed E-state index contributed by atoms with van der Waals surface area (Å²) in [4.78, 5) is 25.7. The number of hydrogen-bond donors (Lipinski definition) is 1.